The highest BCUT2D eigenvalue weighted by molar-refractivity contribution is 7.90. The quantitative estimate of drug-likeness (QED) is 0.382. The smallest absolute Gasteiger partial charge is 0.315 e. The molecule has 2 amide bonds. The number of fused-ring (bicyclic) bond motifs is 1. The van der Waals surface area contributed by atoms with Crippen LogP contribution in [0.1, 0.15) is 55.5 Å². The van der Waals surface area contributed by atoms with Gasteiger partial charge in [0.05, 0.1) is 11.8 Å². The maximum atomic E-state index is 13.8. The lowest BCUT2D eigenvalue weighted by atomic mass is 9.97. The Morgan fingerprint density at radius 2 is 1.81 bits per heavy atom. The van der Waals surface area contributed by atoms with Gasteiger partial charge in [-0.1, -0.05) is 26.0 Å². The third kappa shape index (κ3) is 7.72. The molecule has 1 aliphatic heterocycles. The van der Waals surface area contributed by atoms with Crippen molar-refractivity contribution in [3.63, 3.8) is 0 Å². The first-order valence-corrected chi connectivity index (χ1v) is 14.2. The monoisotopic (exact) mass is 524 g/mol. The molecule has 2 aromatic carbocycles. The molecule has 0 aliphatic carbocycles. The van der Waals surface area contributed by atoms with Crippen molar-refractivity contribution < 1.29 is 32.4 Å². The second kappa shape index (κ2) is 12.1. The van der Waals surface area contributed by atoms with Gasteiger partial charge in [-0.15, -0.1) is 0 Å². The summed E-state index contributed by atoms with van der Waals surface area (Å²) in [5.74, 6) is -1.56. The third-order valence-corrected chi connectivity index (χ3v) is 8.26. The van der Waals surface area contributed by atoms with Gasteiger partial charge in [-0.2, -0.15) is 0 Å². The van der Waals surface area contributed by atoms with E-state index in [1.54, 1.807) is 5.32 Å². The Balaban J connectivity index is 1.78. The number of benzene rings is 2. The second-order valence-electron chi connectivity index (χ2n) is 9.60. The Labute approximate surface area is 211 Å². The van der Waals surface area contributed by atoms with Crippen LogP contribution in [0.4, 0.5) is 13.6 Å². The number of amides is 2. The first kappa shape index (κ1) is 28.0. The van der Waals surface area contributed by atoms with Crippen molar-refractivity contribution in [2.75, 3.05) is 12.3 Å². The summed E-state index contributed by atoms with van der Waals surface area (Å²) in [5.41, 5.74) is 3.08. The van der Waals surface area contributed by atoms with Crippen molar-refractivity contribution in [2.45, 2.75) is 70.0 Å². The van der Waals surface area contributed by atoms with E-state index in [-0.39, 0.29) is 30.5 Å². The molecule has 36 heavy (non-hydrogen) atoms. The summed E-state index contributed by atoms with van der Waals surface area (Å²) < 4.78 is 52.6. The number of aliphatic hydroxyl groups excluding tert-OH is 1. The fraction of sp³-hybridized carbons (Fsp3) is 0.500. The van der Waals surface area contributed by atoms with Crippen LogP contribution >= 0.6 is 0 Å². The van der Waals surface area contributed by atoms with Crippen LogP contribution in [0, 0.1) is 11.6 Å². The maximum Gasteiger partial charge on any atom is 0.315 e. The third-order valence-electron chi connectivity index (χ3n) is 6.64. The van der Waals surface area contributed by atoms with Crippen LogP contribution in [0.5, 0.6) is 0 Å². The van der Waals surface area contributed by atoms with E-state index in [2.05, 4.69) is 10.6 Å². The number of urea groups is 1. The molecule has 0 saturated heterocycles. The van der Waals surface area contributed by atoms with Crippen LogP contribution in [0.15, 0.2) is 36.4 Å². The van der Waals surface area contributed by atoms with Crippen molar-refractivity contribution in [1.82, 2.24) is 10.6 Å². The lowest BCUT2D eigenvalue weighted by Crippen LogP contribution is -2.89. The van der Waals surface area contributed by atoms with Crippen LogP contribution in [0.2, 0.25) is 0 Å². The zero-order valence-electron chi connectivity index (χ0n) is 20.9. The molecule has 0 spiro atoms. The number of halogens is 2. The van der Waals surface area contributed by atoms with Gasteiger partial charge >= 0.3 is 6.03 Å². The van der Waals surface area contributed by atoms with Crippen LogP contribution in [0.25, 0.3) is 0 Å². The molecule has 0 aromatic heterocycles. The van der Waals surface area contributed by atoms with Crippen LogP contribution < -0.4 is 16.0 Å². The predicted octanol–water partition coefficient (Wildman–Crippen LogP) is 2.13. The number of carbonyl (C=O) groups excluding carboxylic acids is 1. The number of carbonyl (C=O) groups is 1. The average Bonchev–Trinajstić information content (AvgIpc) is 2.80. The molecule has 2 aromatic rings. The van der Waals surface area contributed by atoms with E-state index in [0.29, 0.717) is 12.0 Å². The summed E-state index contributed by atoms with van der Waals surface area (Å²) in [4.78, 5) is 12.5. The summed E-state index contributed by atoms with van der Waals surface area (Å²) in [7, 11) is -3.30. The molecule has 0 radical (unpaired) electrons. The van der Waals surface area contributed by atoms with E-state index in [9.17, 15) is 27.1 Å². The number of quaternary nitrogens is 1. The topological polar surface area (TPSA) is 112 Å². The summed E-state index contributed by atoms with van der Waals surface area (Å²) in [5, 5.41) is 18.3. The van der Waals surface area contributed by atoms with Crippen LogP contribution in [-0.2, 0) is 28.4 Å². The summed E-state index contributed by atoms with van der Waals surface area (Å²) in [6.07, 6.45) is 0.411. The zero-order valence-corrected chi connectivity index (χ0v) is 21.7. The molecule has 1 heterocycles. The van der Waals surface area contributed by atoms with Crippen molar-refractivity contribution in [1.29, 1.82) is 0 Å². The second-order valence-corrected chi connectivity index (χ2v) is 11.7. The Morgan fingerprint density at radius 1 is 1.11 bits per heavy atom. The Morgan fingerprint density at radius 3 is 2.44 bits per heavy atom. The Kier molecular flexibility index (Phi) is 9.43. The van der Waals surface area contributed by atoms with Gasteiger partial charge < -0.3 is 21.1 Å². The van der Waals surface area contributed by atoms with E-state index in [1.807, 2.05) is 39.0 Å². The molecule has 1 aliphatic rings. The molecule has 10 heteroatoms. The fourth-order valence-electron chi connectivity index (χ4n) is 4.47. The van der Waals surface area contributed by atoms with Crippen molar-refractivity contribution in [3.05, 3.63) is 70.3 Å². The number of sulfone groups is 1. The standard InChI is InChI=1S/C26H35F2N3O4S/c1-4-16(3)30-26(33)31-23(11-18-8-20(27)12-21(28)9-18)25(32)13-29-24-15-36(34,35)14-19-7-6-17(5-2)10-22(19)24/h6-10,12,16,23-25,29,32H,4-5,11,13-15H2,1-3H3,(H2,30,31,33)/p+1. The van der Waals surface area contributed by atoms with Crippen LogP contribution in [-0.4, -0.2) is 50.0 Å². The maximum absolute atomic E-state index is 13.8. The fourth-order valence-corrected chi connectivity index (χ4v) is 6.18. The Bertz CT molecular complexity index is 1160. The molecule has 4 atom stereocenters. The van der Waals surface area contributed by atoms with E-state index < -0.39 is 45.7 Å². The average molecular weight is 525 g/mol. The molecule has 0 bridgehead atoms. The zero-order chi connectivity index (χ0) is 26.5. The van der Waals surface area contributed by atoms with Crippen molar-refractivity contribution in [2.24, 2.45) is 0 Å². The van der Waals surface area contributed by atoms with E-state index in [1.165, 1.54) is 0 Å². The molecule has 3 rings (SSSR count). The predicted molar refractivity (Wildman–Crippen MR) is 134 cm³/mol. The van der Waals surface area contributed by atoms with Gasteiger partial charge in [-0.25, -0.2) is 22.0 Å². The van der Waals surface area contributed by atoms with Gasteiger partial charge in [0.1, 0.15) is 36.1 Å². The molecule has 198 valence electrons. The highest BCUT2D eigenvalue weighted by atomic mass is 32.2. The first-order chi connectivity index (χ1) is 17.0. The summed E-state index contributed by atoms with van der Waals surface area (Å²) in [6.45, 7) is 5.87. The molecule has 0 saturated carbocycles. The molecular weight excluding hydrogens is 488 g/mol. The van der Waals surface area contributed by atoms with Crippen molar-refractivity contribution >= 4 is 15.9 Å². The van der Waals surface area contributed by atoms with Gasteiger partial charge in [0.2, 0.25) is 0 Å². The molecular formula is C26H36F2N3O4S+. The summed E-state index contributed by atoms with van der Waals surface area (Å²) >= 11 is 0. The van der Waals surface area contributed by atoms with E-state index in [4.69, 9.17) is 0 Å². The minimum absolute atomic E-state index is 0.00283. The number of nitrogens with two attached hydrogens (primary N) is 1. The van der Waals surface area contributed by atoms with E-state index >= 15 is 0 Å². The lowest BCUT2D eigenvalue weighted by molar-refractivity contribution is -0.697. The SMILES string of the molecule is CCc1ccc2c(c1)C([NH2+]CC(O)C(Cc1cc(F)cc(F)c1)NC(=O)NC(C)CC)CS(=O)(=O)C2. The molecule has 7 nitrogen and oxygen atoms in total. The first-order valence-electron chi connectivity index (χ1n) is 12.3. The number of aryl methyl sites for hydroxylation is 1. The van der Waals surface area contributed by atoms with Gasteiger partial charge in [-0.3, -0.25) is 0 Å². The lowest BCUT2D eigenvalue weighted by Gasteiger charge is -2.28. The minimum atomic E-state index is -3.30. The van der Waals surface area contributed by atoms with Gasteiger partial charge in [0.25, 0.3) is 0 Å². The van der Waals surface area contributed by atoms with E-state index in [0.717, 1.165) is 41.3 Å². The highest BCUT2D eigenvalue weighted by Gasteiger charge is 2.34. The summed E-state index contributed by atoms with van der Waals surface area (Å²) in [6, 6.07) is 7.03. The molecule has 4 unspecified atom stereocenters. The largest absolute Gasteiger partial charge is 0.385 e. The molecule has 0 fully saturated rings. The van der Waals surface area contributed by atoms with Gasteiger partial charge in [0, 0.05) is 17.7 Å². The number of hydrogen-bond acceptors (Lipinski definition) is 4. The highest BCUT2D eigenvalue weighted by Crippen LogP contribution is 2.27. The number of aliphatic hydroxyl groups is 1. The minimum Gasteiger partial charge on any atom is -0.385 e. The molecule has 5 N–H and O–H groups in total. The van der Waals surface area contributed by atoms with Gasteiger partial charge in [-0.05, 0) is 61.1 Å². The van der Waals surface area contributed by atoms with Crippen LogP contribution in [0.3, 0.4) is 0 Å². The number of rotatable bonds is 10. The number of nitrogens with one attached hydrogen (secondary N) is 2. The normalized spacial score (nSPS) is 19.1. The van der Waals surface area contributed by atoms with Crippen molar-refractivity contribution in [3.8, 4) is 0 Å². The Hall–Kier alpha value is -2.56. The number of hydrogen-bond donors (Lipinski definition) is 4. The van der Waals surface area contributed by atoms with Gasteiger partial charge in [0.15, 0.2) is 9.84 Å².